The Hall–Kier alpha value is -3.15. The van der Waals surface area contributed by atoms with Gasteiger partial charge in [-0.2, -0.15) is 0 Å². The van der Waals surface area contributed by atoms with Gasteiger partial charge in [0.15, 0.2) is 0 Å². The van der Waals surface area contributed by atoms with Crippen molar-refractivity contribution in [1.29, 1.82) is 0 Å². The minimum absolute atomic E-state index is 0.123. The molecule has 6 heteroatoms. The summed E-state index contributed by atoms with van der Waals surface area (Å²) < 4.78 is 0. The van der Waals surface area contributed by atoms with Crippen molar-refractivity contribution in [3.63, 3.8) is 0 Å². The number of amides is 3. The summed E-state index contributed by atoms with van der Waals surface area (Å²) in [5, 5.41) is 5.52. The van der Waals surface area contributed by atoms with Gasteiger partial charge in [0.1, 0.15) is 0 Å². The van der Waals surface area contributed by atoms with Gasteiger partial charge in [0.25, 0.3) is 5.91 Å². The Labute approximate surface area is 153 Å². The maximum Gasteiger partial charge on any atom is 0.251 e. The Bertz CT molecular complexity index is 800. The molecule has 136 valence electrons. The Balaban J connectivity index is 1.98. The molecule has 0 saturated carbocycles. The average molecular weight is 353 g/mol. The van der Waals surface area contributed by atoms with Crippen LogP contribution in [0, 0.1) is 6.92 Å². The van der Waals surface area contributed by atoms with Crippen molar-refractivity contribution in [3.05, 3.63) is 59.7 Å². The Morgan fingerprint density at radius 1 is 0.962 bits per heavy atom. The van der Waals surface area contributed by atoms with Gasteiger partial charge < -0.3 is 15.5 Å². The van der Waals surface area contributed by atoms with E-state index in [0.29, 0.717) is 30.0 Å². The van der Waals surface area contributed by atoms with Gasteiger partial charge in [-0.05, 0) is 42.8 Å². The molecule has 0 saturated heterocycles. The van der Waals surface area contributed by atoms with Crippen LogP contribution in [0.3, 0.4) is 0 Å². The number of nitrogens with one attached hydrogen (secondary N) is 2. The summed E-state index contributed by atoms with van der Waals surface area (Å²) in [7, 11) is 0. The molecule has 6 nitrogen and oxygen atoms in total. The lowest BCUT2D eigenvalue weighted by Gasteiger charge is -2.22. The van der Waals surface area contributed by atoms with Crippen molar-refractivity contribution in [2.24, 2.45) is 0 Å². The molecular weight excluding hydrogens is 330 g/mol. The van der Waals surface area contributed by atoms with E-state index in [1.807, 2.05) is 25.1 Å². The lowest BCUT2D eigenvalue weighted by Crippen LogP contribution is -2.37. The van der Waals surface area contributed by atoms with Gasteiger partial charge >= 0.3 is 0 Å². The molecule has 2 N–H and O–H groups in total. The minimum Gasteiger partial charge on any atom is -0.350 e. The van der Waals surface area contributed by atoms with Crippen LogP contribution in [0.4, 0.5) is 11.4 Å². The predicted octanol–water partition coefficient (Wildman–Crippen LogP) is 2.74. The largest absolute Gasteiger partial charge is 0.350 e. The second-order valence-corrected chi connectivity index (χ2v) is 5.97. The summed E-state index contributed by atoms with van der Waals surface area (Å²) in [4.78, 5) is 36.8. The number of rotatable bonds is 6. The van der Waals surface area contributed by atoms with Crippen molar-refractivity contribution < 1.29 is 14.4 Å². The van der Waals surface area contributed by atoms with Crippen LogP contribution >= 0.6 is 0 Å². The van der Waals surface area contributed by atoms with Crippen LogP contribution in [-0.4, -0.2) is 30.8 Å². The van der Waals surface area contributed by atoms with E-state index in [2.05, 4.69) is 10.6 Å². The molecule has 0 aliphatic rings. The molecule has 0 radical (unpaired) electrons. The Kier molecular flexibility index (Phi) is 6.49. The summed E-state index contributed by atoms with van der Waals surface area (Å²) in [5.74, 6) is -0.435. The highest BCUT2D eigenvalue weighted by molar-refractivity contribution is 5.96. The predicted molar refractivity (Wildman–Crippen MR) is 102 cm³/mol. The molecule has 0 bridgehead atoms. The smallest absolute Gasteiger partial charge is 0.251 e. The molecule has 0 aliphatic carbocycles. The number of carbonyl (C=O) groups is 3. The molecule has 0 spiro atoms. The third kappa shape index (κ3) is 5.17. The zero-order valence-corrected chi connectivity index (χ0v) is 15.2. The fourth-order valence-electron chi connectivity index (χ4n) is 2.60. The molecule has 0 heterocycles. The summed E-state index contributed by atoms with van der Waals surface area (Å²) in [5.41, 5.74) is 2.90. The number of aryl methyl sites for hydroxylation is 1. The first-order valence-electron chi connectivity index (χ1n) is 8.38. The molecule has 0 aromatic heterocycles. The van der Waals surface area contributed by atoms with Gasteiger partial charge in [0, 0.05) is 43.9 Å². The Morgan fingerprint density at radius 2 is 1.62 bits per heavy atom. The number of hydrogen-bond acceptors (Lipinski definition) is 3. The molecule has 2 aromatic rings. The standard InChI is InChI=1S/C20H23N3O3/c1-14-6-4-5-7-19(14)20(26)21-12-13-23(16(3)25)18-10-8-17(9-11-18)22-15(2)24/h4-11H,12-13H2,1-3H3,(H,21,26)(H,22,24). The SMILES string of the molecule is CC(=O)Nc1ccc(N(CCNC(=O)c2ccccc2C)C(C)=O)cc1. The van der Waals surface area contributed by atoms with Crippen LogP contribution in [0.5, 0.6) is 0 Å². The van der Waals surface area contributed by atoms with Crippen molar-refractivity contribution in [1.82, 2.24) is 5.32 Å². The van der Waals surface area contributed by atoms with E-state index in [1.165, 1.54) is 13.8 Å². The van der Waals surface area contributed by atoms with E-state index in [0.717, 1.165) is 5.56 Å². The van der Waals surface area contributed by atoms with Gasteiger partial charge in [-0.25, -0.2) is 0 Å². The van der Waals surface area contributed by atoms with E-state index >= 15 is 0 Å². The number of carbonyl (C=O) groups excluding carboxylic acids is 3. The normalized spacial score (nSPS) is 10.1. The van der Waals surface area contributed by atoms with Crippen LogP contribution in [0.15, 0.2) is 48.5 Å². The number of nitrogens with zero attached hydrogens (tertiary/aromatic N) is 1. The van der Waals surface area contributed by atoms with E-state index in [9.17, 15) is 14.4 Å². The first-order valence-corrected chi connectivity index (χ1v) is 8.38. The molecular formula is C20H23N3O3. The van der Waals surface area contributed by atoms with E-state index in [1.54, 1.807) is 35.2 Å². The second-order valence-electron chi connectivity index (χ2n) is 5.97. The molecule has 0 aliphatic heterocycles. The van der Waals surface area contributed by atoms with E-state index in [4.69, 9.17) is 0 Å². The van der Waals surface area contributed by atoms with Crippen LogP contribution < -0.4 is 15.5 Å². The zero-order valence-electron chi connectivity index (χ0n) is 15.2. The summed E-state index contributed by atoms with van der Waals surface area (Å²) in [6.07, 6.45) is 0. The van der Waals surface area contributed by atoms with Crippen LogP contribution in [0.1, 0.15) is 29.8 Å². The van der Waals surface area contributed by atoms with Crippen molar-refractivity contribution in [2.45, 2.75) is 20.8 Å². The molecule has 0 unspecified atom stereocenters. The Morgan fingerprint density at radius 3 is 2.19 bits per heavy atom. The fourth-order valence-corrected chi connectivity index (χ4v) is 2.60. The minimum atomic E-state index is -0.160. The molecule has 3 amide bonds. The first-order chi connectivity index (χ1) is 12.4. The van der Waals surface area contributed by atoms with Gasteiger partial charge in [0.2, 0.25) is 11.8 Å². The molecule has 2 rings (SSSR count). The van der Waals surface area contributed by atoms with Crippen LogP contribution in [0.2, 0.25) is 0 Å². The van der Waals surface area contributed by atoms with Crippen LogP contribution in [0.25, 0.3) is 0 Å². The maximum atomic E-state index is 12.2. The molecule has 0 atom stereocenters. The highest BCUT2D eigenvalue weighted by Crippen LogP contribution is 2.18. The molecule has 26 heavy (non-hydrogen) atoms. The quantitative estimate of drug-likeness (QED) is 0.838. The van der Waals surface area contributed by atoms with Crippen molar-refractivity contribution in [2.75, 3.05) is 23.3 Å². The van der Waals surface area contributed by atoms with E-state index < -0.39 is 0 Å². The first kappa shape index (κ1) is 19.2. The number of hydrogen-bond donors (Lipinski definition) is 2. The van der Waals surface area contributed by atoms with Gasteiger partial charge in [-0.15, -0.1) is 0 Å². The van der Waals surface area contributed by atoms with Crippen molar-refractivity contribution >= 4 is 29.1 Å². The molecule has 0 fully saturated rings. The second kappa shape index (κ2) is 8.80. The lowest BCUT2D eigenvalue weighted by atomic mass is 10.1. The summed E-state index contributed by atoms with van der Waals surface area (Å²) in [6, 6.07) is 14.3. The monoisotopic (exact) mass is 353 g/mol. The summed E-state index contributed by atoms with van der Waals surface area (Å²) >= 11 is 0. The van der Waals surface area contributed by atoms with Gasteiger partial charge in [0.05, 0.1) is 0 Å². The van der Waals surface area contributed by atoms with Gasteiger partial charge in [-0.3, -0.25) is 14.4 Å². The van der Waals surface area contributed by atoms with E-state index in [-0.39, 0.29) is 17.7 Å². The topological polar surface area (TPSA) is 78.5 Å². The summed E-state index contributed by atoms with van der Waals surface area (Å²) in [6.45, 7) is 5.48. The third-order valence-corrected chi connectivity index (χ3v) is 3.89. The highest BCUT2D eigenvalue weighted by Gasteiger charge is 2.13. The number of anilines is 2. The molecule has 2 aromatic carbocycles. The third-order valence-electron chi connectivity index (χ3n) is 3.89. The highest BCUT2D eigenvalue weighted by atomic mass is 16.2. The number of benzene rings is 2. The maximum absolute atomic E-state index is 12.2. The van der Waals surface area contributed by atoms with Crippen molar-refractivity contribution in [3.8, 4) is 0 Å². The van der Waals surface area contributed by atoms with Gasteiger partial charge in [-0.1, -0.05) is 18.2 Å². The fraction of sp³-hybridized carbons (Fsp3) is 0.250. The zero-order chi connectivity index (χ0) is 19.1. The average Bonchev–Trinajstić information content (AvgIpc) is 2.59. The van der Waals surface area contributed by atoms with Crippen LogP contribution in [-0.2, 0) is 9.59 Å². The lowest BCUT2D eigenvalue weighted by molar-refractivity contribution is -0.116.